The molecule has 0 heterocycles. The Hall–Kier alpha value is -2.38. The molecule has 0 saturated heterocycles. The average molecular weight is 410 g/mol. The van der Waals surface area contributed by atoms with Gasteiger partial charge in [-0.2, -0.15) is 0 Å². The maximum Gasteiger partial charge on any atom is 0.307 e. The quantitative estimate of drug-likeness (QED) is 0.708. The third-order valence-electron chi connectivity index (χ3n) is 3.99. The zero-order valence-electron chi connectivity index (χ0n) is 15.0. The van der Waals surface area contributed by atoms with Gasteiger partial charge in [0.15, 0.2) is 16.4 Å². The van der Waals surface area contributed by atoms with Crippen molar-refractivity contribution in [2.75, 3.05) is 17.7 Å². The molecule has 0 aliphatic heterocycles. The molecular formula is C19H20ClNO5S. The Bertz CT molecular complexity index is 939. The van der Waals surface area contributed by atoms with Crippen molar-refractivity contribution < 1.29 is 22.7 Å². The van der Waals surface area contributed by atoms with E-state index >= 15 is 0 Å². The summed E-state index contributed by atoms with van der Waals surface area (Å²) in [5.41, 5.74) is 2.59. The van der Waals surface area contributed by atoms with E-state index in [4.69, 9.17) is 16.3 Å². The van der Waals surface area contributed by atoms with Crippen molar-refractivity contribution in [2.24, 2.45) is 0 Å². The predicted molar refractivity (Wildman–Crippen MR) is 104 cm³/mol. The third kappa shape index (κ3) is 6.08. The molecule has 2 aromatic rings. The van der Waals surface area contributed by atoms with Gasteiger partial charge >= 0.3 is 5.97 Å². The second-order valence-electron chi connectivity index (χ2n) is 5.98. The van der Waals surface area contributed by atoms with Gasteiger partial charge in [0.1, 0.15) is 0 Å². The van der Waals surface area contributed by atoms with Crippen molar-refractivity contribution in [2.45, 2.75) is 25.2 Å². The van der Waals surface area contributed by atoms with Gasteiger partial charge in [-0.3, -0.25) is 9.59 Å². The molecule has 8 heteroatoms. The number of ether oxygens (including phenoxy) is 1. The number of carbonyl (C=O) groups is 2. The molecule has 0 atom stereocenters. The molecule has 0 bridgehead atoms. The topological polar surface area (TPSA) is 89.5 Å². The van der Waals surface area contributed by atoms with Crippen LogP contribution in [0, 0.1) is 13.8 Å². The number of amides is 1. The fourth-order valence-electron chi connectivity index (χ4n) is 2.27. The molecule has 0 unspecified atom stereocenters. The van der Waals surface area contributed by atoms with E-state index in [1.54, 1.807) is 6.07 Å². The van der Waals surface area contributed by atoms with Gasteiger partial charge in [0.05, 0.1) is 17.1 Å². The standard InChI is InChI=1S/C19H20ClNO5S/c1-13-4-3-5-17(14(13)2)21-18(22)12-26-19(23)10-11-27(24,25)16-8-6-15(20)7-9-16/h3-9H,10-12H2,1-2H3,(H,21,22). The molecular weight excluding hydrogens is 390 g/mol. The van der Waals surface area contributed by atoms with Crippen LogP contribution in [-0.2, 0) is 24.2 Å². The van der Waals surface area contributed by atoms with Crippen molar-refractivity contribution >= 4 is 39.0 Å². The summed E-state index contributed by atoms with van der Waals surface area (Å²) in [6.07, 6.45) is -0.346. The van der Waals surface area contributed by atoms with E-state index in [0.717, 1.165) is 11.1 Å². The van der Waals surface area contributed by atoms with Gasteiger partial charge in [-0.1, -0.05) is 23.7 Å². The summed E-state index contributed by atoms with van der Waals surface area (Å²) >= 11 is 5.73. The number of benzene rings is 2. The first-order valence-electron chi connectivity index (χ1n) is 8.19. The van der Waals surface area contributed by atoms with Crippen molar-refractivity contribution in [3.05, 3.63) is 58.6 Å². The van der Waals surface area contributed by atoms with Gasteiger partial charge in [-0.15, -0.1) is 0 Å². The Morgan fingerprint density at radius 2 is 1.74 bits per heavy atom. The largest absolute Gasteiger partial charge is 0.456 e. The van der Waals surface area contributed by atoms with E-state index in [0.29, 0.717) is 10.7 Å². The molecule has 0 fully saturated rings. The lowest BCUT2D eigenvalue weighted by Gasteiger charge is -2.10. The Kier molecular flexibility index (Phi) is 6.98. The van der Waals surface area contributed by atoms with Crippen LogP contribution >= 0.6 is 11.6 Å². The molecule has 0 saturated carbocycles. The van der Waals surface area contributed by atoms with Gasteiger partial charge in [-0.25, -0.2) is 8.42 Å². The van der Waals surface area contributed by atoms with Gasteiger partial charge in [0, 0.05) is 10.7 Å². The Morgan fingerprint density at radius 1 is 1.07 bits per heavy atom. The monoisotopic (exact) mass is 409 g/mol. The number of hydrogen-bond acceptors (Lipinski definition) is 5. The number of hydrogen-bond donors (Lipinski definition) is 1. The average Bonchev–Trinajstić information content (AvgIpc) is 2.62. The van der Waals surface area contributed by atoms with Crippen molar-refractivity contribution in [1.82, 2.24) is 0 Å². The van der Waals surface area contributed by atoms with Crippen LogP contribution in [0.1, 0.15) is 17.5 Å². The molecule has 144 valence electrons. The van der Waals surface area contributed by atoms with Crippen molar-refractivity contribution in [3.63, 3.8) is 0 Å². The van der Waals surface area contributed by atoms with Gasteiger partial charge in [0.25, 0.3) is 5.91 Å². The van der Waals surface area contributed by atoms with E-state index in [1.165, 1.54) is 24.3 Å². The first-order chi connectivity index (χ1) is 12.7. The summed E-state index contributed by atoms with van der Waals surface area (Å²) in [5.74, 6) is -1.66. The second kappa shape index (κ2) is 9.01. The second-order valence-corrected chi connectivity index (χ2v) is 8.52. The van der Waals surface area contributed by atoms with Crippen molar-refractivity contribution in [1.29, 1.82) is 0 Å². The minimum absolute atomic E-state index is 0.0763. The molecule has 2 rings (SSSR count). The fraction of sp³-hybridized carbons (Fsp3) is 0.263. The number of sulfone groups is 1. The number of anilines is 1. The predicted octanol–water partition coefficient (Wildman–Crippen LogP) is 3.30. The van der Waals surface area contributed by atoms with Gasteiger partial charge in [0.2, 0.25) is 0 Å². The van der Waals surface area contributed by atoms with Crippen LogP contribution in [0.3, 0.4) is 0 Å². The Morgan fingerprint density at radius 3 is 2.41 bits per heavy atom. The van der Waals surface area contributed by atoms with E-state index in [9.17, 15) is 18.0 Å². The molecule has 1 amide bonds. The summed E-state index contributed by atoms with van der Waals surface area (Å²) in [4.78, 5) is 23.8. The summed E-state index contributed by atoms with van der Waals surface area (Å²) < 4.78 is 29.2. The molecule has 0 aliphatic rings. The molecule has 0 radical (unpaired) electrons. The van der Waals surface area contributed by atoms with E-state index in [2.05, 4.69) is 5.32 Å². The molecule has 1 N–H and O–H groups in total. The van der Waals surface area contributed by atoms with Crippen LogP contribution in [0.5, 0.6) is 0 Å². The summed E-state index contributed by atoms with van der Waals surface area (Å²) in [6.45, 7) is 3.32. The SMILES string of the molecule is Cc1cccc(NC(=O)COC(=O)CCS(=O)(=O)c2ccc(Cl)cc2)c1C. The molecule has 27 heavy (non-hydrogen) atoms. The van der Waals surface area contributed by atoms with Crippen LogP contribution in [0.25, 0.3) is 0 Å². The minimum atomic E-state index is -3.63. The summed E-state index contributed by atoms with van der Waals surface area (Å²) in [6, 6.07) is 11.2. The number of carbonyl (C=O) groups excluding carboxylic acids is 2. The fourth-order valence-corrected chi connectivity index (χ4v) is 3.62. The zero-order valence-corrected chi connectivity index (χ0v) is 16.6. The lowest BCUT2D eigenvalue weighted by molar-refractivity contribution is -0.146. The van der Waals surface area contributed by atoms with Crippen LogP contribution < -0.4 is 5.32 Å². The highest BCUT2D eigenvalue weighted by Gasteiger charge is 2.18. The smallest absolute Gasteiger partial charge is 0.307 e. The molecule has 0 aromatic heterocycles. The highest BCUT2D eigenvalue weighted by molar-refractivity contribution is 7.91. The number of nitrogens with one attached hydrogen (secondary N) is 1. The molecule has 0 aliphatic carbocycles. The number of aryl methyl sites for hydroxylation is 1. The molecule has 2 aromatic carbocycles. The Labute approximate surface area is 163 Å². The van der Waals surface area contributed by atoms with Crippen LogP contribution in [0.4, 0.5) is 5.69 Å². The van der Waals surface area contributed by atoms with E-state index in [-0.39, 0.29) is 11.3 Å². The maximum atomic E-state index is 12.2. The van der Waals surface area contributed by atoms with E-state index in [1.807, 2.05) is 26.0 Å². The first kappa shape index (κ1) is 20.9. The van der Waals surface area contributed by atoms with Crippen LogP contribution in [0.15, 0.2) is 47.4 Å². The third-order valence-corrected chi connectivity index (χ3v) is 5.97. The summed E-state index contributed by atoms with van der Waals surface area (Å²) in [7, 11) is -3.63. The van der Waals surface area contributed by atoms with Crippen LogP contribution in [0.2, 0.25) is 5.02 Å². The number of esters is 1. The lowest BCUT2D eigenvalue weighted by atomic mass is 10.1. The highest BCUT2D eigenvalue weighted by Crippen LogP contribution is 2.18. The van der Waals surface area contributed by atoms with Crippen LogP contribution in [-0.4, -0.2) is 32.7 Å². The summed E-state index contributed by atoms with van der Waals surface area (Å²) in [5, 5.41) is 3.08. The first-order valence-corrected chi connectivity index (χ1v) is 10.2. The lowest BCUT2D eigenvalue weighted by Crippen LogP contribution is -2.22. The highest BCUT2D eigenvalue weighted by atomic mass is 35.5. The van der Waals surface area contributed by atoms with Crippen molar-refractivity contribution in [3.8, 4) is 0 Å². The Balaban J connectivity index is 1.82. The maximum absolute atomic E-state index is 12.2. The minimum Gasteiger partial charge on any atom is -0.456 e. The molecule has 6 nitrogen and oxygen atoms in total. The van der Waals surface area contributed by atoms with Gasteiger partial charge in [-0.05, 0) is 55.3 Å². The zero-order chi connectivity index (χ0) is 20.0. The normalized spacial score (nSPS) is 11.1. The number of halogens is 1. The van der Waals surface area contributed by atoms with E-state index < -0.39 is 34.1 Å². The van der Waals surface area contributed by atoms with Gasteiger partial charge < -0.3 is 10.1 Å². The molecule has 0 spiro atoms. The number of rotatable bonds is 7.